The molecule has 29 heavy (non-hydrogen) atoms. The highest BCUT2D eigenvalue weighted by molar-refractivity contribution is 6.01. The van der Waals surface area contributed by atoms with Crippen molar-refractivity contribution in [2.24, 2.45) is 0 Å². The van der Waals surface area contributed by atoms with E-state index < -0.39 is 6.04 Å². The van der Waals surface area contributed by atoms with Crippen LogP contribution in [0.15, 0.2) is 24.8 Å². The van der Waals surface area contributed by atoms with Gasteiger partial charge in [0.25, 0.3) is 5.91 Å². The Kier molecular flexibility index (Phi) is 10.7. The van der Waals surface area contributed by atoms with Crippen LogP contribution in [-0.4, -0.2) is 69.3 Å². The molecule has 7 heteroatoms. The standard InChI is InChI=1S/C20H28N4O3.C2H6/c1-4-15-7-8-16(24-11-9-22-10-12-24)14-17(15)20(27)23(3)18(6-5-13-25)19(26)21-2;1-2/h4,7-8,13-14,18,22H,1,5-6,9-12H2,2-3H3,(H,21,26);1-2H3. The third-order valence-corrected chi connectivity index (χ3v) is 4.86. The number of nitrogens with one attached hydrogen (secondary N) is 2. The number of rotatable bonds is 8. The number of hydrogen-bond acceptors (Lipinski definition) is 5. The Morgan fingerprint density at radius 2 is 1.97 bits per heavy atom. The number of likely N-dealkylation sites (N-methyl/N-ethyl adjacent to an activating group) is 2. The fourth-order valence-electron chi connectivity index (χ4n) is 3.25. The molecule has 7 nitrogen and oxygen atoms in total. The summed E-state index contributed by atoms with van der Waals surface area (Å²) in [5.41, 5.74) is 2.20. The molecule has 0 radical (unpaired) electrons. The first-order chi connectivity index (χ1) is 14.0. The summed E-state index contributed by atoms with van der Waals surface area (Å²) in [6, 6.07) is 5.03. The predicted molar refractivity (Wildman–Crippen MR) is 118 cm³/mol. The molecule has 1 aromatic carbocycles. The number of piperazine rings is 1. The van der Waals surface area contributed by atoms with Crippen LogP contribution in [0.2, 0.25) is 0 Å². The summed E-state index contributed by atoms with van der Waals surface area (Å²) in [6.07, 6.45) is 2.90. The lowest BCUT2D eigenvalue weighted by Crippen LogP contribution is -2.47. The molecule has 0 bridgehead atoms. The van der Waals surface area contributed by atoms with E-state index >= 15 is 0 Å². The van der Waals surface area contributed by atoms with Crippen LogP contribution in [0.5, 0.6) is 0 Å². The maximum absolute atomic E-state index is 13.2. The Bertz CT molecular complexity index is 699. The van der Waals surface area contributed by atoms with Gasteiger partial charge in [-0.05, 0) is 24.1 Å². The molecule has 0 saturated carbocycles. The Morgan fingerprint density at radius 3 is 2.52 bits per heavy atom. The molecule has 1 saturated heterocycles. The zero-order valence-corrected chi connectivity index (χ0v) is 18.0. The van der Waals surface area contributed by atoms with E-state index in [1.807, 2.05) is 32.0 Å². The van der Waals surface area contributed by atoms with Gasteiger partial charge >= 0.3 is 0 Å². The van der Waals surface area contributed by atoms with Gasteiger partial charge in [-0.15, -0.1) is 0 Å². The van der Waals surface area contributed by atoms with Crippen LogP contribution in [0, 0.1) is 0 Å². The van der Waals surface area contributed by atoms with Crippen molar-refractivity contribution < 1.29 is 14.4 Å². The van der Waals surface area contributed by atoms with Crippen LogP contribution in [0.1, 0.15) is 42.6 Å². The predicted octanol–water partition coefficient (Wildman–Crippen LogP) is 1.93. The minimum Gasteiger partial charge on any atom is -0.369 e. The summed E-state index contributed by atoms with van der Waals surface area (Å²) in [6.45, 7) is 11.3. The second kappa shape index (κ2) is 12.7. The summed E-state index contributed by atoms with van der Waals surface area (Å²) in [5.74, 6) is -0.549. The van der Waals surface area contributed by atoms with E-state index in [0.29, 0.717) is 5.56 Å². The number of carbonyl (C=O) groups is 3. The highest BCUT2D eigenvalue weighted by Gasteiger charge is 2.28. The molecule has 0 aromatic heterocycles. The second-order valence-electron chi connectivity index (χ2n) is 6.50. The molecule has 0 spiro atoms. The highest BCUT2D eigenvalue weighted by Crippen LogP contribution is 2.23. The third-order valence-electron chi connectivity index (χ3n) is 4.86. The van der Waals surface area contributed by atoms with Crippen molar-refractivity contribution in [2.45, 2.75) is 32.7 Å². The fraction of sp³-hybridized carbons (Fsp3) is 0.500. The molecule has 1 heterocycles. The van der Waals surface area contributed by atoms with Crippen LogP contribution in [0.3, 0.4) is 0 Å². The zero-order valence-electron chi connectivity index (χ0n) is 18.0. The lowest BCUT2D eigenvalue weighted by Gasteiger charge is -2.31. The normalized spacial score (nSPS) is 14.1. The SMILES string of the molecule is C=Cc1ccc(N2CCNCC2)cc1C(=O)N(C)C(CCC=O)C(=O)NC.CC. The van der Waals surface area contributed by atoms with Gasteiger partial charge in [0.15, 0.2) is 0 Å². The van der Waals surface area contributed by atoms with E-state index in [1.54, 1.807) is 13.1 Å². The van der Waals surface area contributed by atoms with Crippen LogP contribution in [0.25, 0.3) is 6.08 Å². The van der Waals surface area contributed by atoms with E-state index in [0.717, 1.165) is 43.7 Å². The first-order valence-electron chi connectivity index (χ1n) is 10.2. The van der Waals surface area contributed by atoms with Gasteiger partial charge in [0.2, 0.25) is 5.91 Å². The van der Waals surface area contributed by atoms with Crippen LogP contribution >= 0.6 is 0 Å². The van der Waals surface area contributed by atoms with E-state index in [1.165, 1.54) is 11.9 Å². The summed E-state index contributed by atoms with van der Waals surface area (Å²) < 4.78 is 0. The molecule has 160 valence electrons. The number of amides is 2. The van der Waals surface area contributed by atoms with Gasteiger partial charge in [-0.1, -0.05) is 32.6 Å². The molecule has 1 fully saturated rings. The van der Waals surface area contributed by atoms with E-state index in [4.69, 9.17) is 0 Å². The molecular formula is C22H34N4O3. The molecule has 1 unspecified atom stereocenters. The smallest absolute Gasteiger partial charge is 0.254 e. The lowest BCUT2D eigenvalue weighted by atomic mass is 10.0. The summed E-state index contributed by atoms with van der Waals surface area (Å²) in [4.78, 5) is 39.7. The zero-order chi connectivity index (χ0) is 21.8. The quantitative estimate of drug-likeness (QED) is 0.650. The monoisotopic (exact) mass is 402 g/mol. The van der Waals surface area contributed by atoms with E-state index in [2.05, 4.69) is 22.1 Å². The molecule has 1 aromatic rings. The van der Waals surface area contributed by atoms with E-state index in [9.17, 15) is 14.4 Å². The summed E-state index contributed by atoms with van der Waals surface area (Å²) in [5, 5.41) is 5.88. The van der Waals surface area contributed by atoms with Gasteiger partial charge in [-0.3, -0.25) is 9.59 Å². The molecule has 1 aliphatic heterocycles. The number of nitrogens with zero attached hydrogens (tertiary/aromatic N) is 2. The molecule has 2 rings (SSSR count). The average molecular weight is 403 g/mol. The maximum atomic E-state index is 13.2. The largest absolute Gasteiger partial charge is 0.369 e. The van der Waals surface area contributed by atoms with Crippen molar-refractivity contribution in [1.82, 2.24) is 15.5 Å². The van der Waals surface area contributed by atoms with Crippen molar-refractivity contribution >= 4 is 29.9 Å². The van der Waals surface area contributed by atoms with Crippen molar-refractivity contribution in [3.63, 3.8) is 0 Å². The second-order valence-corrected chi connectivity index (χ2v) is 6.50. The molecule has 1 aliphatic rings. The summed E-state index contributed by atoms with van der Waals surface area (Å²) in [7, 11) is 3.12. The van der Waals surface area contributed by atoms with Gasteiger partial charge in [-0.2, -0.15) is 0 Å². The highest BCUT2D eigenvalue weighted by atomic mass is 16.2. The van der Waals surface area contributed by atoms with Gasteiger partial charge in [0.1, 0.15) is 12.3 Å². The maximum Gasteiger partial charge on any atom is 0.254 e. The Balaban J connectivity index is 0.00000204. The number of hydrogen-bond donors (Lipinski definition) is 2. The topological polar surface area (TPSA) is 81.8 Å². The van der Waals surface area contributed by atoms with E-state index in [-0.39, 0.29) is 24.7 Å². The summed E-state index contributed by atoms with van der Waals surface area (Å²) >= 11 is 0. The molecular weight excluding hydrogens is 368 g/mol. The minimum absolute atomic E-state index is 0.213. The Labute approximate surface area is 174 Å². The van der Waals surface area contributed by atoms with Crippen LogP contribution in [-0.2, 0) is 9.59 Å². The minimum atomic E-state index is -0.701. The number of aldehydes is 1. The molecule has 1 atom stereocenters. The molecule has 2 amide bonds. The average Bonchev–Trinajstić information content (AvgIpc) is 2.79. The fourth-order valence-corrected chi connectivity index (χ4v) is 3.25. The number of carbonyl (C=O) groups excluding carboxylic acids is 3. The van der Waals surface area contributed by atoms with Gasteiger partial charge in [0.05, 0.1) is 0 Å². The van der Waals surface area contributed by atoms with Crippen LogP contribution in [0.4, 0.5) is 5.69 Å². The Morgan fingerprint density at radius 1 is 1.31 bits per heavy atom. The van der Waals surface area contributed by atoms with Crippen molar-refractivity contribution in [1.29, 1.82) is 0 Å². The lowest BCUT2D eigenvalue weighted by molar-refractivity contribution is -0.125. The van der Waals surface area contributed by atoms with Gasteiger partial charge in [-0.25, -0.2) is 0 Å². The molecule has 2 N–H and O–H groups in total. The first kappa shape index (κ1) is 24.4. The first-order valence-corrected chi connectivity index (χ1v) is 10.2. The van der Waals surface area contributed by atoms with Crippen molar-refractivity contribution in [2.75, 3.05) is 45.2 Å². The number of anilines is 1. The van der Waals surface area contributed by atoms with Crippen LogP contribution < -0.4 is 15.5 Å². The van der Waals surface area contributed by atoms with Crippen molar-refractivity contribution in [3.05, 3.63) is 35.9 Å². The van der Waals surface area contributed by atoms with Gasteiger partial charge < -0.3 is 25.2 Å². The molecule has 0 aliphatic carbocycles. The van der Waals surface area contributed by atoms with Gasteiger partial charge in [0, 0.05) is 57.9 Å². The Hall–Kier alpha value is -2.67. The van der Waals surface area contributed by atoms with Crippen molar-refractivity contribution in [3.8, 4) is 0 Å². The third kappa shape index (κ3) is 6.42. The number of benzene rings is 1.